The van der Waals surface area contributed by atoms with Gasteiger partial charge in [0.2, 0.25) is 0 Å². The normalized spacial score (nSPS) is 11.0. The smallest absolute Gasteiger partial charge is 0.356 e. The number of anilines is 2. The summed E-state index contributed by atoms with van der Waals surface area (Å²) in [7, 11) is 2.91. The Morgan fingerprint density at radius 2 is 1.87 bits per heavy atom. The maximum atomic E-state index is 13.1. The molecule has 0 saturated heterocycles. The summed E-state index contributed by atoms with van der Waals surface area (Å²) < 4.78 is 22.8. The molecule has 10 nitrogen and oxygen atoms in total. The van der Waals surface area contributed by atoms with Gasteiger partial charge in [0.05, 0.1) is 43.1 Å². The first kappa shape index (κ1) is 24.8. The number of carbonyl (C=O) groups is 2. The van der Waals surface area contributed by atoms with Crippen LogP contribution in [0.4, 0.5) is 11.4 Å². The lowest BCUT2D eigenvalue weighted by Gasteiger charge is -2.11. The first-order chi connectivity index (χ1) is 18.6. The summed E-state index contributed by atoms with van der Waals surface area (Å²) in [6, 6.07) is 16.8. The largest absolute Gasteiger partial charge is 0.472 e. The fourth-order valence-corrected chi connectivity index (χ4v) is 4.18. The van der Waals surface area contributed by atoms with Gasteiger partial charge in [-0.2, -0.15) is 0 Å². The molecular formula is C28H26N4O6. The van der Waals surface area contributed by atoms with E-state index in [1.54, 1.807) is 23.9 Å². The first-order valence-corrected chi connectivity index (χ1v) is 11.9. The average molecular weight is 515 g/mol. The topological polar surface area (TPSA) is 121 Å². The van der Waals surface area contributed by atoms with E-state index < -0.39 is 11.9 Å². The SMILES string of the molecule is COCc1ccc(CNc2cnc3c(c2)c(NC(=O)c2ccoc2)c(C(=O)OC)n3Cc2ccccc2)o1. The van der Waals surface area contributed by atoms with Gasteiger partial charge in [-0.25, -0.2) is 9.78 Å². The van der Waals surface area contributed by atoms with Crippen LogP contribution in [0.1, 0.15) is 37.9 Å². The summed E-state index contributed by atoms with van der Waals surface area (Å²) >= 11 is 0. The highest BCUT2D eigenvalue weighted by atomic mass is 16.5. The number of furan rings is 2. The van der Waals surface area contributed by atoms with Gasteiger partial charge >= 0.3 is 5.97 Å². The van der Waals surface area contributed by atoms with Gasteiger partial charge in [-0.3, -0.25) is 4.79 Å². The second kappa shape index (κ2) is 11.1. The van der Waals surface area contributed by atoms with Crippen LogP contribution in [-0.4, -0.2) is 35.6 Å². The van der Waals surface area contributed by atoms with Crippen molar-refractivity contribution in [3.05, 3.63) is 102 Å². The molecule has 1 amide bonds. The number of fused-ring (bicyclic) bond motifs is 1. The predicted molar refractivity (Wildman–Crippen MR) is 140 cm³/mol. The van der Waals surface area contributed by atoms with Crippen molar-refractivity contribution < 1.29 is 27.9 Å². The summed E-state index contributed by atoms with van der Waals surface area (Å²) in [5.41, 5.74) is 2.94. The maximum absolute atomic E-state index is 13.1. The van der Waals surface area contributed by atoms with Crippen LogP contribution in [0.2, 0.25) is 0 Å². The quantitative estimate of drug-likeness (QED) is 0.248. The molecule has 0 aliphatic carbocycles. The predicted octanol–water partition coefficient (Wildman–Crippen LogP) is 5.07. The van der Waals surface area contributed by atoms with Crippen molar-refractivity contribution in [1.82, 2.24) is 9.55 Å². The summed E-state index contributed by atoms with van der Waals surface area (Å²) in [6.07, 6.45) is 4.42. The second-order valence-corrected chi connectivity index (χ2v) is 8.50. The van der Waals surface area contributed by atoms with Gasteiger partial charge in [0.25, 0.3) is 5.91 Å². The molecule has 0 atom stereocenters. The third-order valence-electron chi connectivity index (χ3n) is 5.95. The van der Waals surface area contributed by atoms with Crippen LogP contribution < -0.4 is 10.6 Å². The lowest BCUT2D eigenvalue weighted by atomic mass is 10.2. The van der Waals surface area contributed by atoms with Crippen molar-refractivity contribution in [2.75, 3.05) is 24.9 Å². The van der Waals surface area contributed by atoms with Gasteiger partial charge in [-0.1, -0.05) is 30.3 Å². The Bertz CT molecular complexity index is 1550. The molecule has 0 aliphatic rings. The third-order valence-corrected chi connectivity index (χ3v) is 5.95. The van der Waals surface area contributed by atoms with Gasteiger partial charge in [0.1, 0.15) is 30.0 Å². The molecule has 0 unspecified atom stereocenters. The molecule has 38 heavy (non-hydrogen) atoms. The monoisotopic (exact) mass is 514 g/mol. The number of amides is 1. The van der Waals surface area contributed by atoms with Crippen molar-refractivity contribution in [2.45, 2.75) is 19.7 Å². The zero-order valence-electron chi connectivity index (χ0n) is 20.9. The Labute approximate surface area is 218 Å². The molecule has 5 aromatic rings. The van der Waals surface area contributed by atoms with Gasteiger partial charge in [-0.05, 0) is 29.8 Å². The van der Waals surface area contributed by atoms with Crippen LogP contribution in [0, 0.1) is 0 Å². The van der Waals surface area contributed by atoms with E-state index in [-0.39, 0.29) is 5.69 Å². The number of ether oxygens (including phenoxy) is 2. The van der Waals surface area contributed by atoms with Crippen molar-refractivity contribution >= 4 is 34.3 Å². The molecule has 2 N–H and O–H groups in total. The average Bonchev–Trinajstić information content (AvgIpc) is 3.69. The van der Waals surface area contributed by atoms with Crippen LogP contribution in [0.3, 0.4) is 0 Å². The number of aromatic nitrogens is 2. The molecule has 0 saturated carbocycles. The molecule has 194 valence electrons. The maximum Gasteiger partial charge on any atom is 0.356 e. The van der Waals surface area contributed by atoms with E-state index in [9.17, 15) is 9.59 Å². The summed E-state index contributed by atoms with van der Waals surface area (Å²) in [4.78, 5) is 30.7. The number of nitrogens with zero attached hydrogens (tertiary/aromatic N) is 2. The molecule has 5 rings (SSSR count). The minimum atomic E-state index is -0.600. The summed E-state index contributed by atoms with van der Waals surface area (Å²) in [6.45, 7) is 1.14. The summed E-state index contributed by atoms with van der Waals surface area (Å²) in [5, 5.41) is 6.73. The lowest BCUT2D eigenvalue weighted by Crippen LogP contribution is -2.17. The van der Waals surface area contributed by atoms with E-state index in [4.69, 9.17) is 18.3 Å². The number of carbonyl (C=O) groups excluding carboxylic acids is 2. The molecule has 0 bridgehead atoms. The molecule has 4 aromatic heterocycles. The Hall–Kier alpha value is -4.83. The van der Waals surface area contributed by atoms with Crippen molar-refractivity contribution in [1.29, 1.82) is 0 Å². The fourth-order valence-electron chi connectivity index (χ4n) is 4.18. The highest BCUT2D eigenvalue weighted by Gasteiger charge is 2.27. The van der Waals surface area contributed by atoms with Gasteiger partial charge in [0.15, 0.2) is 5.69 Å². The number of hydrogen-bond acceptors (Lipinski definition) is 8. The lowest BCUT2D eigenvalue weighted by molar-refractivity contribution is 0.0591. The standard InChI is InChI=1S/C28H26N4O6/c1-35-17-22-9-8-21(38-22)14-29-20-12-23-24(31-27(33)19-10-11-37-16-19)25(28(34)36-2)32(26(23)30-13-20)15-18-6-4-3-5-7-18/h3-13,16,29H,14-15,17H2,1-2H3,(H,31,33). The van der Waals surface area contributed by atoms with Gasteiger partial charge < -0.3 is 33.5 Å². The molecular weight excluding hydrogens is 488 g/mol. The number of rotatable bonds is 10. The van der Waals surface area contributed by atoms with Crippen LogP contribution >= 0.6 is 0 Å². The molecule has 1 aromatic carbocycles. The zero-order chi connectivity index (χ0) is 26.5. The minimum absolute atomic E-state index is 0.183. The van der Waals surface area contributed by atoms with Crippen molar-refractivity contribution in [3.8, 4) is 0 Å². The molecule has 4 heterocycles. The number of nitrogens with one attached hydrogen (secondary N) is 2. The Morgan fingerprint density at radius 1 is 1.05 bits per heavy atom. The minimum Gasteiger partial charge on any atom is -0.472 e. The Morgan fingerprint density at radius 3 is 2.61 bits per heavy atom. The number of methoxy groups -OCH3 is 2. The number of pyridine rings is 1. The fraction of sp³-hybridized carbons (Fsp3) is 0.179. The van der Waals surface area contributed by atoms with E-state index in [0.717, 1.165) is 17.1 Å². The highest BCUT2D eigenvalue weighted by molar-refractivity contribution is 6.14. The summed E-state index contributed by atoms with van der Waals surface area (Å²) in [5.74, 6) is 0.421. The van der Waals surface area contributed by atoms with E-state index in [2.05, 4.69) is 15.6 Å². The second-order valence-electron chi connectivity index (χ2n) is 8.50. The highest BCUT2D eigenvalue weighted by Crippen LogP contribution is 2.34. The zero-order valence-corrected chi connectivity index (χ0v) is 20.9. The van der Waals surface area contributed by atoms with Crippen LogP contribution in [0.25, 0.3) is 11.0 Å². The third kappa shape index (κ3) is 5.16. The Kier molecular flexibility index (Phi) is 7.23. The number of benzene rings is 1. The van der Waals surface area contributed by atoms with E-state index in [1.807, 2.05) is 48.5 Å². The van der Waals surface area contributed by atoms with Gasteiger partial charge in [0, 0.05) is 19.0 Å². The Balaban J connectivity index is 1.56. The van der Waals surface area contributed by atoms with E-state index in [1.165, 1.54) is 19.6 Å². The van der Waals surface area contributed by atoms with Gasteiger partial charge in [-0.15, -0.1) is 0 Å². The van der Waals surface area contributed by atoms with Crippen molar-refractivity contribution in [3.63, 3.8) is 0 Å². The molecule has 0 aliphatic heterocycles. The van der Waals surface area contributed by atoms with E-state index >= 15 is 0 Å². The van der Waals surface area contributed by atoms with Crippen LogP contribution in [-0.2, 0) is 29.2 Å². The van der Waals surface area contributed by atoms with Crippen molar-refractivity contribution in [2.24, 2.45) is 0 Å². The molecule has 0 radical (unpaired) electrons. The molecule has 0 spiro atoms. The van der Waals surface area contributed by atoms with Crippen LogP contribution in [0.5, 0.6) is 0 Å². The number of hydrogen-bond donors (Lipinski definition) is 2. The number of esters is 1. The van der Waals surface area contributed by atoms with Crippen LogP contribution in [0.15, 0.2) is 82.2 Å². The molecule has 0 fully saturated rings. The molecule has 10 heteroatoms. The first-order valence-electron chi connectivity index (χ1n) is 11.9. The van der Waals surface area contributed by atoms with E-state index in [0.29, 0.717) is 47.7 Å².